The first kappa shape index (κ1) is 16.3. The maximum absolute atomic E-state index is 13.0. The molecular weight excluding hydrogens is 323 g/mol. The van der Waals surface area contributed by atoms with Gasteiger partial charge < -0.3 is 5.32 Å². The van der Waals surface area contributed by atoms with Gasteiger partial charge in [-0.2, -0.15) is 0 Å². The maximum Gasteiger partial charge on any atom is 0.226 e. The Bertz CT molecular complexity index is 815. The highest BCUT2D eigenvalue weighted by atomic mass is 32.1. The molecule has 0 aliphatic rings. The van der Waals surface area contributed by atoms with Crippen molar-refractivity contribution in [3.8, 4) is 10.6 Å². The number of benzene rings is 2. The summed E-state index contributed by atoms with van der Waals surface area (Å²) in [5.41, 5.74) is 2.64. The first-order valence-electron chi connectivity index (χ1n) is 7.66. The van der Waals surface area contributed by atoms with E-state index in [0.717, 1.165) is 21.8 Å². The fraction of sp³-hybridized carbons (Fsp3) is 0.158. The molecule has 1 aromatic heterocycles. The zero-order valence-electron chi connectivity index (χ0n) is 13.2. The smallest absolute Gasteiger partial charge is 0.226 e. The molecule has 24 heavy (non-hydrogen) atoms. The van der Waals surface area contributed by atoms with E-state index in [0.29, 0.717) is 0 Å². The van der Waals surface area contributed by atoms with Gasteiger partial charge in [0, 0.05) is 10.9 Å². The normalized spacial score (nSPS) is 11.9. The molecule has 0 spiro atoms. The van der Waals surface area contributed by atoms with Crippen LogP contribution in [-0.4, -0.2) is 10.9 Å². The van der Waals surface area contributed by atoms with Gasteiger partial charge in [-0.3, -0.25) is 4.79 Å². The molecule has 0 aliphatic carbocycles. The van der Waals surface area contributed by atoms with Crippen molar-refractivity contribution in [2.75, 3.05) is 0 Å². The van der Waals surface area contributed by atoms with Gasteiger partial charge in [0.2, 0.25) is 5.91 Å². The number of nitrogens with one attached hydrogen (secondary N) is 1. The summed E-state index contributed by atoms with van der Waals surface area (Å²) in [7, 11) is 0. The second-order valence-corrected chi connectivity index (χ2v) is 6.39. The molecule has 1 N–H and O–H groups in total. The molecule has 3 rings (SSSR count). The fourth-order valence-electron chi connectivity index (χ4n) is 2.40. The van der Waals surface area contributed by atoms with Gasteiger partial charge in [0.15, 0.2) is 0 Å². The van der Waals surface area contributed by atoms with E-state index in [4.69, 9.17) is 0 Å². The second-order valence-electron chi connectivity index (χ2n) is 5.53. The van der Waals surface area contributed by atoms with Gasteiger partial charge in [-0.25, -0.2) is 9.37 Å². The van der Waals surface area contributed by atoms with E-state index >= 15 is 0 Å². The van der Waals surface area contributed by atoms with Crippen LogP contribution in [0.25, 0.3) is 10.6 Å². The molecule has 5 heteroatoms. The summed E-state index contributed by atoms with van der Waals surface area (Å²) in [6, 6.07) is 16.0. The van der Waals surface area contributed by atoms with Crippen LogP contribution in [0.2, 0.25) is 0 Å². The van der Waals surface area contributed by atoms with Crippen LogP contribution >= 0.6 is 11.3 Å². The van der Waals surface area contributed by atoms with Crippen molar-refractivity contribution in [3.05, 3.63) is 77.1 Å². The number of carbonyl (C=O) groups excluding carboxylic acids is 1. The molecule has 1 amide bonds. The maximum atomic E-state index is 13.0. The lowest BCUT2D eigenvalue weighted by atomic mass is 10.1. The van der Waals surface area contributed by atoms with Gasteiger partial charge in [-0.1, -0.05) is 30.3 Å². The van der Waals surface area contributed by atoms with Gasteiger partial charge in [-0.15, -0.1) is 11.3 Å². The number of halogens is 1. The summed E-state index contributed by atoms with van der Waals surface area (Å²) in [6.45, 7) is 1.96. The lowest BCUT2D eigenvalue weighted by molar-refractivity contribution is -0.121. The summed E-state index contributed by atoms with van der Waals surface area (Å²) < 4.78 is 13.0. The molecule has 0 radical (unpaired) electrons. The average Bonchev–Trinajstić information content (AvgIpc) is 3.04. The lowest BCUT2D eigenvalue weighted by Crippen LogP contribution is -2.28. The number of nitrogens with zero attached hydrogens (tertiary/aromatic N) is 1. The highest BCUT2D eigenvalue weighted by Gasteiger charge is 2.12. The number of hydrogen-bond donors (Lipinski definition) is 1. The van der Waals surface area contributed by atoms with Crippen LogP contribution in [-0.2, 0) is 11.2 Å². The summed E-state index contributed by atoms with van der Waals surface area (Å²) in [5, 5.41) is 5.63. The topological polar surface area (TPSA) is 42.0 Å². The molecule has 0 bridgehead atoms. The molecule has 2 aromatic carbocycles. The Kier molecular flexibility index (Phi) is 5.01. The van der Waals surface area contributed by atoms with Crippen LogP contribution in [0.5, 0.6) is 0 Å². The number of aromatic nitrogens is 1. The molecule has 0 aliphatic heterocycles. The summed E-state index contributed by atoms with van der Waals surface area (Å²) in [4.78, 5) is 16.7. The van der Waals surface area contributed by atoms with Crippen LogP contribution in [0.3, 0.4) is 0 Å². The van der Waals surface area contributed by atoms with Crippen LogP contribution in [0.4, 0.5) is 4.39 Å². The highest BCUT2D eigenvalue weighted by molar-refractivity contribution is 7.13. The predicted octanol–water partition coefficient (Wildman–Crippen LogP) is 4.37. The van der Waals surface area contributed by atoms with Crippen LogP contribution < -0.4 is 5.32 Å². The Morgan fingerprint density at radius 2 is 1.88 bits per heavy atom. The first-order chi connectivity index (χ1) is 11.6. The lowest BCUT2D eigenvalue weighted by Gasteiger charge is -2.13. The van der Waals surface area contributed by atoms with Crippen molar-refractivity contribution >= 4 is 17.2 Å². The monoisotopic (exact) mass is 340 g/mol. The van der Waals surface area contributed by atoms with Crippen molar-refractivity contribution in [2.45, 2.75) is 19.4 Å². The van der Waals surface area contributed by atoms with Crippen molar-refractivity contribution < 1.29 is 9.18 Å². The van der Waals surface area contributed by atoms with Crippen LogP contribution in [0, 0.1) is 5.82 Å². The van der Waals surface area contributed by atoms with E-state index in [1.165, 1.54) is 23.5 Å². The Morgan fingerprint density at radius 3 is 2.58 bits per heavy atom. The van der Waals surface area contributed by atoms with Gasteiger partial charge in [0.05, 0.1) is 18.2 Å². The Morgan fingerprint density at radius 1 is 1.17 bits per heavy atom. The first-order valence-corrected chi connectivity index (χ1v) is 8.54. The van der Waals surface area contributed by atoms with Crippen LogP contribution in [0.1, 0.15) is 24.2 Å². The molecule has 0 saturated carbocycles. The molecule has 1 atom stereocenters. The van der Waals surface area contributed by atoms with Gasteiger partial charge in [-0.05, 0) is 36.8 Å². The van der Waals surface area contributed by atoms with Crippen molar-refractivity contribution in [1.29, 1.82) is 0 Å². The second kappa shape index (κ2) is 7.36. The molecule has 0 unspecified atom stereocenters. The number of rotatable bonds is 5. The standard InChI is InChI=1S/C19H17FN2OS/c1-13(14-5-3-2-4-6-14)21-18(23)11-17-12-24-19(22-17)15-7-9-16(20)10-8-15/h2-10,12-13H,11H2,1H3,(H,21,23)/t13-/m0/s1. The van der Waals surface area contributed by atoms with E-state index in [9.17, 15) is 9.18 Å². The Labute approximate surface area is 144 Å². The molecule has 122 valence electrons. The number of carbonyl (C=O) groups is 1. The van der Waals surface area contributed by atoms with E-state index < -0.39 is 0 Å². The van der Waals surface area contributed by atoms with E-state index in [1.807, 2.05) is 42.6 Å². The van der Waals surface area contributed by atoms with Crippen molar-refractivity contribution in [1.82, 2.24) is 10.3 Å². The van der Waals surface area contributed by atoms with Gasteiger partial charge in [0.1, 0.15) is 10.8 Å². The fourth-order valence-corrected chi connectivity index (χ4v) is 3.22. The molecule has 1 heterocycles. The number of amides is 1. The Balaban J connectivity index is 1.62. The Hall–Kier alpha value is -2.53. The molecule has 0 saturated heterocycles. The highest BCUT2D eigenvalue weighted by Crippen LogP contribution is 2.24. The van der Waals surface area contributed by atoms with E-state index in [-0.39, 0.29) is 24.2 Å². The minimum absolute atomic E-state index is 0.0473. The van der Waals surface area contributed by atoms with Crippen LogP contribution in [0.15, 0.2) is 60.0 Å². The van der Waals surface area contributed by atoms with E-state index in [1.54, 1.807) is 12.1 Å². The average molecular weight is 340 g/mol. The minimum Gasteiger partial charge on any atom is -0.349 e. The third-order valence-electron chi connectivity index (χ3n) is 3.66. The summed E-state index contributed by atoms with van der Waals surface area (Å²) >= 11 is 1.45. The summed E-state index contributed by atoms with van der Waals surface area (Å²) in [6.07, 6.45) is 0.231. The largest absolute Gasteiger partial charge is 0.349 e. The zero-order valence-corrected chi connectivity index (χ0v) is 14.0. The third-order valence-corrected chi connectivity index (χ3v) is 4.60. The van der Waals surface area contributed by atoms with Gasteiger partial charge >= 0.3 is 0 Å². The third kappa shape index (κ3) is 4.06. The molecule has 3 nitrogen and oxygen atoms in total. The SMILES string of the molecule is C[C@H](NC(=O)Cc1csc(-c2ccc(F)cc2)n1)c1ccccc1. The quantitative estimate of drug-likeness (QED) is 0.749. The van der Waals surface area contributed by atoms with Gasteiger partial charge in [0.25, 0.3) is 0 Å². The zero-order chi connectivity index (χ0) is 16.9. The molecular formula is C19H17FN2OS. The number of hydrogen-bond acceptors (Lipinski definition) is 3. The predicted molar refractivity (Wildman–Crippen MR) is 94.2 cm³/mol. The minimum atomic E-state index is -0.273. The molecule has 0 fully saturated rings. The summed E-state index contributed by atoms with van der Waals surface area (Å²) in [5.74, 6) is -0.341. The van der Waals surface area contributed by atoms with E-state index in [2.05, 4.69) is 10.3 Å². The number of thiazole rings is 1. The molecule has 3 aromatic rings. The van der Waals surface area contributed by atoms with Crippen molar-refractivity contribution in [3.63, 3.8) is 0 Å². The van der Waals surface area contributed by atoms with Crippen molar-refractivity contribution in [2.24, 2.45) is 0 Å².